The molecule has 7 heteroatoms. The van der Waals surface area contributed by atoms with Crippen LogP contribution in [0.25, 0.3) is 0 Å². The van der Waals surface area contributed by atoms with E-state index >= 15 is 0 Å². The van der Waals surface area contributed by atoms with Crippen molar-refractivity contribution < 1.29 is 31.4 Å². The summed E-state index contributed by atoms with van der Waals surface area (Å²) < 4.78 is 74.0. The van der Waals surface area contributed by atoms with Crippen molar-refractivity contribution in [2.75, 3.05) is 6.61 Å². The van der Waals surface area contributed by atoms with Gasteiger partial charge in [-0.2, -0.15) is 26.3 Å². The van der Waals surface area contributed by atoms with Gasteiger partial charge >= 0.3 is 12.4 Å². The van der Waals surface area contributed by atoms with Crippen molar-refractivity contribution in [3.63, 3.8) is 0 Å². The molecule has 0 amide bonds. The van der Waals surface area contributed by atoms with Gasteiger partial charge in [0, 0.05) is 0 Å². The molecule has 0 aliphatic heterocycles. The van der Waals surface area contributed by atoms with E-state index in [2.05, 4.69) is 0 Å². The highest BCUT2D eigenvalue weighted by molar-refractivity contribution is 5.33. The van der Waals surface area contributed by atoms with Gasteiger partial charge in [0.05, 0.1) is 17.7 Å². The Balaban J connectivity index is 3.29. The number of rotatable bonds is 2. The lowest BCUT2D eigenvalue weighted by Gasteiger charge is -2.13. The van der Waals surface area contributed by atoms with Gasteiger partial charge < -0.3 is 0 Å². The molecule has 17 heavy (non-hydrogen) atoms. The van der Waals surface area contributed by atoms with E-state index in [-0.39, 0.29) is 18.1 Å². The zero-order valence-corrected chi connectivity index (χ0v) is 8.32. The molecule has 0 N–H and O–H groups in total. The molecule has 1 rings (SSSR count). The normalized spacial score (nSPS) is 12.9. The standard InChI is InChI=1S/C10H7F6O/c11-9(12,13)7-3-6(1-2-17)4-8(5-7)10(14,15)16/h3-5H,1-2H2. The summed E-state index contributed by atoms with van der Waals surface area (Å²) in [4.78, 5) is 0. The first-order valence-electron chi connectivity index (χ1n) is 4.51. The van der Waals surface area contributed by atoms with E-state index in [1.165, 1.54) is 0 Å². The quantitative estimate of drug-likeness (QED) is 0.720. The highest BCUT2D eigenvalue weighted by Gasteiger charge is 2.36. The lowest BCUT2D eigenvalue weighted by atomic mass is 10.0. The van der Waals surface area contributed by atoms with Gasteiger partial charge in [0.2, 0.25) is 0 Å². The summed E-state index contributed by atoms with van der Waals surface area (Å²) in [6, 6.07) is 1.16. The Hall–Kier alpha value is -1.24. The fraction of sp³-hybridized carbons (Fsp3) is 0.400. The number of benzene rings is 1. The minimum absolute atomic E-state index is 0.0360. The second-order valence-electron chi connectivity index (χ2n) is 3.37. The molecule has 95 valence electrons. The Morgan fingerprint density at radius 1 is 0.824 bits per heavy atom. The molecule has 0 aliphatic carbocycles. The lowest BCUT2D eigenvalue weighted by molar-refractivity contribution is -0.143. The Morgan fingerprint density at radius 3 is 1.53 bits per heavy atom. The molecular formula is C10H7F6O. The van der Waals surface area contributed by atoms with E-state index < -0.39 is 30.1 Å². The monoisotopic (exact) mass is 257 g/mol. The van der Waals surface area contributed by atoms with E-state index in [0.717, 1.165) is 0 Å². The van der Waals surface area contributed by atoms with Crippen LogP contribution >= 0.6 is 0 Å². The summed E-state index contributed by atoms with van der Waals surface area (Å²) in [6.45, 7) is -0.765. The maximum absolute atomic E-state index is 12.3. The summed E-state index contributed by atoms with van der Waals surface area (Å²) in [5, 5.41) is 10.3. The Labute approximate surface area is 92.7 Å². The minimum atomic E-state index is -4.86. The third-order valence-corrected chi connectivity index (χ3v) is 2.04. The Morgan fingerprint density at radius 2 is 1.24 bits per heavy atom. The van der Waals surface area contributed by atoms with Gasteiger partial charge in [-0.15, -0.1) is 0 Å². The predicted molar refractivity (Wildman–Crippen MR) is 45.7 cm³/mol. The fourth-order valence-electron chi connectivity index (χ4n) is 1.28. The molecule has 0 saturated carbocycles. The van der Waals surface area contributed by atoms with Crippen molar-refractivity contribution in [1.82, 2.24) is 0 Å². The van der Waals surface area contributed by atoms with Crippen LogP contribution in [0.15, 0.2) is 18.2 Å². The number of halogens is 6. The molecule has 0 bridgehead atoms. The molecule has 0 heterocycles. The average molecular weight is 257 g/mol. The zero-order chi connectivity index (χ0) is 13.3. The van der Waals surface area contributed by atoms with Crippen LogP contribution in [-0.4, -0.2) is 6.61 Å². The summed E-state index contributed by atoms with van der Waals surface area (Å²) in [7, 11) is 0. The van der Waals surface area contributed by atoms with Gasteiger partial charge in [0.25, 0.3) is 0 Å². The first-order chi connectivity index (χ1) is 7.64. The van der Waals surface area contributed by atoms with E-state index in [1.54, 1.807) is 0 Å². The maximum atomic E-state index is 12.3. The molecule has 0 aromatic heterocycles. The summed E-state index contributed by atoms with van der Waals surface area (Å²) in [6.07, 6.45) is -10.1. The van der Waals surface area contributed by atoms with Crippen LogP contribution in [0, 0.1) is 0 Å². The van der Waals surface area contributed by atoms with E-state index in [0.29, 0.717) is 12.1 Å². The van der Waals surface area contributed by atoms with Crippen LogP contribution in [0.2, 0.25) is 0 Å². The second-order valence-corrected chi connectivity index (χ2v) is 3.37. The maximum Gasteiger partial charge on any atom is 0.416 e. The van der Waals surface area contributed by atoms with Gasteiger partial charge in [-0.1, -0.05) is 0 Å². The predicted octanol–water partition coefficient (Wildman–Crippen LogP) is 3.70. The number of hydrogen-bond donors (Lipinski definition) is 0. The number of alkyl halides is 6. The molecule has 0 aliphatic rings. The van der Waals surface area contributed by atoms with Crippen molar-refractivity contribution in [2.45, 2.75) is 18.8 Å². The molecule has 0 atom stereocenters. The molecule has 0 unspecified atom stereocenters. The van der Waals surface area contributed by atoms with E-state index in [9.17, 15) is 31.4 Å². The van der Waals surface area contributed by atoms with Gasteiger partial charge in [-0.05, 0) is 30.2 Å². The van der Waals surface area contributed by atoms with Crippen LogP contribution in [0.1, 0.15) is 16.7 Å². The average Bonchev–Trinajstić information content (AvgIpc) is 2.15. The van der Waals surface area contributed by atoms with E-state index in [1.807, 2.05) is 0 Å². The van der Waals surface area contributed by atoms with Gasteiger partial charge in [0.15, 0.2) is 0 Å². The third kappa shape index (κ3) is 3.62. The number of hydrogen-bond acceptors (Lipinski definition) is 0. The van der Waals surface area contributed by atoms with Crippen LogP contribution in [0.4, 0.5) is 26.3 Å². The Kier molecular flexibility index (Phi) is 3.71. The lowest BCUT2D eigenvalue weighted by Crippen LogP contribution is -2.12. The molecule has 1 aromatic carbocycles. The first kappa shape index (κ1) is 13.8. The topological polar surface area (TPSA) is 19.9 Å². The third-order valence-electron chi connectivity index (χ3n) is 2.04. The van der Waals surface area contributed by atoms with E-state index in [4.69, 9.17) is 0 Å². The van der Waals surface area contributed by atoms with Crippen LogP contribution in [0.5, 0.6) is 0 Å². The molecule has 0 spiro atoms. The Bertz CT molecular complexity index is 361. The van der Waals surface area contributed by atoms with Crippen LogP contribution in [-0.2, 0) is 23.9 Å². The SMILES string of the molecule is [O]CCc1cc(C(F)(F)F)cc(C(F)(F)F)c1. The van der Waals surface area contributed by atoms with Crippen molar-refractivity contribution in [3.8, 4) is 0 Å². The minimum Gasteiger partial charge on any atom is -0.236 e. The zero-order valence-electron chi connectivity index (χ0n) is 8.32. The van der Waals surface area contributed by atoms with Gasteiger partial charge in [-0.25, -0.2) is 5.11 Å². The first-order valence-corrected chi connectivity index (χ1v) is 4.51. The van der Waals surface area contributed by atoms with Crippen molar-refractivity contribution in [3.05, 3.63) is 34.9 Å². The van der Waals surface area contributed by atoms with Crippen molar-refractivity contribution in [1.29, 1.82) is 0 Å². The summed E-state index contributed by atoms with van der Waals surface area (Å²) in [5.74, 6) is 0. The summed E-state index contributed by atoms with van der Waals surface area (Å²) in [5.41, 5.74) is -3.05. The van der Waals surface area contributed by atoms with Crippen LogP contribution in [0.3, 0.4) is 0 Å². The van der Waals surface area contributed by atoms with Crippen molar-refractivity contribution in [2.24, 2.45) is 0 Å². The highest BCUT2D eigenvalue weighted by Crippen LogP contribution is 2.36. The smallest absolute Gasteiger partial charge is 0.236 e. The molecule has 1 radical (unpaired) electrons. The van der Waals surface area contributed by atoms with Gasteiger partial charge in [0.1, 0.15) is 0 Å². The highest BCUT2D eigenvalue weighted by atomic mass is 19.4. The van der Waals surface area contributed by atoms with Crippen molar-refractivity contribution >= 4 is 0 Å². The fourth-order valence-corrected chi connectivity index (χ4v) is 1.28. The molecule has 1 nitrogen and oxygen atoms in total. The summed E-state index contributed by atoms with van der Waals surface area (Å²) >= 11 is 0. The molecule has 0 fully saturated rings. The van der Waals surface area contributed by atoms with Gasteiger partial charge in [-0.3, -0.25) is 0 Å². The van der Waals surface area contributed by atoms with Crippen LogP contribution < -0.4 is 0 Å². The molecular weight excluding hydrogens is 250 g/mol. The largest absolute Gasteiger partial charge is 0.416 e. The second kappa shape index (κ2) is 4.56. The molecule has 0 saturated heterocycles. The molecule has 1 aromatic rings.